The molecule has 1 saturated heterocycles. The van der Waals surface area contributed by atoms with Crippen molar-refractivity contribution >= 4 is 17.9 Å². The van der Waals surface area contributed by atoms with E-state index in [1.807, 2.05) is 65.6 Å². The quantitative estimate of drug-likeness (QED) is 0.533. The molecular weight excluding hydrogens is 386 g/mol. The first-order valence-electron chi connectivity index (χ1n) is 9.61. The number of carbonyl (C=O) groups is 3. The first-order valence-corrected chi connectivity index (χ1v) is 9.61. The lowest BCUT2D eigenvalue weighted by Gasteiger charge is -2.30. The predicted molar refractivity (Wildman–Crippen MR) is 108 cm³/mol. The van der Waals surface area contributed by atoms with E-state index in [0.29, 0.717) is 6.54 Å². The number of methoxy groups -OCH3 is 3. The van der Waals surface area contributed by atoms with Gasteiger partial charge in [0.25, 0.3) is 0 Å². The van der Waals surface area contributed by atoms with Crippen LogP contribution in [0.15, 0.2) is 60.7 Å². The van der Waals surface area contributed by atoms with Crippen LogP contribution in [0, 0.1) is 11.8 Å². The normalized spacial score (nSPS) is 23.6. The maximum Gasteiger partial charge on any atom is 0.324 e. The highest BCUT2D eigenvalue weighted by Gasteiger charge is 2.59. The Morgan fingerprint density at radius 3 is 1.77 bits per heavy atom. The van der Waals surface area contributed by atoms with Crippen LogP contribution in [0.25, 0.3) is 0 Å². The lowest BCUT2D eigenvalue weighted by atomic mass is 9.84. The monoisotopic (exact) mass is 411 g/mol. The maximum absolute atomic E-state index is 12.9. The minimum Gasteiger partial charge on any atom is -0.469 e. The molecule has 0 radical (unpaired) electrons. The molecule has 1 aliphatic heterocycles. The Morgan fingerprint density at radius 1 is 0.733 bits per heavy atom. The third-order valence-electron chi connectivity index (χ3n) is 5.52. The average molecular weight is 411 g/mol. The third kappa shape index (κ3) is 4.07. The van der Waals surface area contributed by atoms with E-state index in [4.69, 9.17) is 14.2 Å². The van der Waals surface area contributed by atoms with E-state index < -0.39 is 41.8 Å². The average Bonchev–Trinajstić information content (AvgIpc) is 3.13. The molecule has 0 saturated carbocycles. The standard InChI is InChI=1S/C23H25NO6/c1-28-21(25)17-18(22(26)29-2)20(23(27)30-3)24(14-15-10-6-4-7-11-15)19(17)16-12-8-5-9-13-16/h4-13,17-20H,14H2,1-3H3/t17?,18-,19?,20+/m0/s1. The summed E-state index contributed by atoms with van der Waals surface area (Å²) in [6.45, 7) is 0.334. The second-order valence-corrected chi connectivity index (χ2v) is 7.08. The number of benzene rings is 2. The summed E-state index contributed by atoms with van der Waals surface area (Å²) in [5.41, 5.74) is 1.73. The molecule has 0 N–H and O–H groups in total. The summed E-state index contributed by atoms with van der Waals surface area (Å²) in [7, 11) is 3.77. The highest BCUT2D eigenvalue weighted by molar-refractivity contribution is 5.91. The fraction of sp³-hybridized carbons (Fsp3) is 0.348. The molecule has 3 rings (SSSR count). The van der Waals surface area contributed by atoms with Gasteiger partial charge in [0, 0.05) is 6.54 Å². The number of hydrogen-bond acceptors (Lipinski definition) is 7. The Bertz CT molecular complexity index is 885. The van der Waals surface area contributed by atoms with Gasteiger partial charge in [-0.3, -0.25) is 19.3 Å². The summed E-state index contributed by atoms with van der Waals surface area (Å²) in [4.78, 5) is 40.3. The van der Waals surface area contributed by atoms with Crippen LogP contribution >= 0.6 is 0 Å². The number of ether oxygens (including phenoxy) is 3. The van der Waals surface area contributed by atoms with Crippen LogP contribution in [0.4, 0.5) is 0 Å². The zero-order valence-electron chi connectivity index (χ0n) is 17.2. The largest absolute Gasteiger partial charge is 0.469 e. The summed E-state index contributed by atoms with van der Waals surface area (Å²) in [6.07, 6.45) is 0. The van der Waals surface area contributed by atoms with Crippen LogP contribution in [-0.4, -0.2) is 50.2 Å². The topological polar surface area (TPSA) is 82.1 Å². The predicted octanol–water partition coefficient (Wildman–Crippen LogP) is 2.36. The molecule has 158 valence electrons. The van der Waals surface area contributed by atoms with Crippen molar-refractivity contribution < 1.29 is 28.6 Å². The van der Waals surface area contributed by atoms with Crippen LogP contribution in [-0.2, 0) is 35.1 Å². The van der Waals surface area contributed by atoms with Crippen molar-refractivity contribution in [3.63, 3.8) is 0 Å². The Balaban J connectivity index is 2.19. The van der Waals surface area contributed by atoms with Crippen molar-refractivity contribution in [1.29, 1.82) is 0 Å². The number of carbonyl (C=O) groups excluding carboxylic acids is 3. The fourth-order valence-electron chi connectivity index (χ4n) is 4.24. The number of esters is 3. The number of nitrogens with zero attached hydrogens (tertiary/aromatic N) is 1. The maximum atomic E-state index is 12.9. The molecular formula is C23H25NO6. The SMILES string of the molecule is COC(=O)C1C(c2ccccc2)N(Cc2ccccc2)[C@@H](C(=O)OC)[C@H]1C(=O)OC. The number of likely N-dealkylation sites (tertiary alicyclic amines) is 1. The minimum absolute atomic E-state index is 0.334. The van der Waals surface area contributed by atoms with E-state index in [-0.39, 0.29) is 0 Å². The van der Waals surface area contributed by atoms with E-state index in [9.17, 15) is 14.4 Å². The van der Waals surface area contributed by atoms with Gasteiger partial charge in [0.15, 0.2) is 0 Å². The van der Waals surface area contributed by atoms with Crippen molar-refractivity contribution in [1.82, 2.24) is 4.90 Å². The molecule has 0 spiro atoms. The molecule has 1 heterocycles. The van der Waals surface area contributed by atoms with E-state index in [0.717, 1.165) is 11.1 Å². The Hall–Kier alpha value is -3.19. The van der Waals surface area contributed by atoms with Gasteiger partial charge in [-0.1, -0.05) is 60.7 Å². The highest BCUT2D eigenvalue weighted by atomic mass is 16.5. The molecule has 0 amide bonds. The zero-order chi connectivity index (χ0) is 21.7. The van der Waals surface area contributed by atoms with Crippen molar-refractivity contribution in [2.75, 3.05) is 21.3 Å². The molecule has 0 bridgehead atoms. The van der Waals surface area contributed by atoms with E-state index in [1.165, 1.54) is 21.3 Å². The van der Waals surface area contributed by atoms with Gasteiger partial charge in [0.05, 0.1) is 39.2 Å². The van der Waals surface area contributed by atoms with Crippen LogP contribution in [0.2, 0.25) is 0 Å². The van der Waals surface area contributed by atoms with Gasteiger partial charge in [-0.25, -0.2) is 0 Å². The van der Waals surface area contributed by atoms with Gasteiger partial charge >= 0.3 is 17.9 Å². The molecule has 4 atom stereocenters. The summed E-state index contributed by atoms with van der Waals surface area (Å²) >= 11 is 0. The van der Waals surface area contributed by atoms with Crippen LogP contribution in [0.5, 0.6) is 0 Å². The number of hydrogen-bond donors (Lipinski definition) is 0. The van der Waals surface area contributed by atoms with E-state index >= 15 is 0 Å². The first-order chi connectivity index (χ1) is 14.5. The smallest absolute Gasteiger partial charge is 0.324 e. The lowest BCUT2D eigenvalue weighted by molar-refractivity contribution is -0.160. The molecule has 1 fully saturated rings. The van der Waals surface area contributed by atoms with Gasteiger partial charge in [0.2, 0.25) is 0 Å². The fourth-order valence-corrected chi connectivity index (χ4v) is 4.24. The second kappa shape index (κ2) is 9.54. The van der Waals surface area contributed by atoms with Crippen LogP contribution in [0.3, 0.4) is 0 Å². The summed E-state index contributed by atoms with van der Waals surface area (Å²) in [6, 6.07) is 17.3. The van der Waals surface area contributed by atoms with E-state index in [2.05, 4.69) is 0 Å². The van der Waals surface area contributed by atoms with Gasteiger partial charge < -0.3 is 14.2 Å². The Kier molecular flexibility index (Phi) is 6.84. The van der Waals surface area contributed by atoms with Crippen LogP contribution < -0.4 is 0 Å². The van der Waals surface area contributed by atoms with Gasteiger partial charge in [-0.05, 0) is 11.1 Å². The van der Waals surface area contributed by atoms with Crippen LogP contribution in [0.1, 0.15) is 17.2 Å². The van der Waals surface area contributed by atoms with E-state index in [1.54, 1.807) is 0 Å². The van der Waals surface area contributed by atoms with Crippen molar-refractivity contribution in [3.8, 4) is 0 Å². The molecule has 30 heavy (non-hydrogen) atoms. The molecule has 2 aromatic rings. The third-order valence-corrected chi connectivity index (χ3v) is 5.52. The summed E-state index contributed by atoms with van der Waals surface area (Å²) in [5, 5.41) is 0. The molecule has 2 unspecified atom stereocenters. The number of rotatable bonds is 6. The van der Waals surface area contributed by atoms with Gasteiger partial charge in [-0.2, -0.15) is 0 Å². The molecule has 1 aliphatic rings. The van der Waals surface area contributed by atoms with Gasteiger partial charge in [-0.15, -0.1) is 0 Å². The molecule has 0 aromatic heterocycles. The summed E-state index contributed by atoms with van der Waals surface area (Å²) in [5.74, 6) is -3.84. The molecule has 0 aliphatic carbocycles. The molecule has 7 heteroatoms. The minimum atomic E-state index is -1.07. The highest BCUT2D eigenvalue weighted by Crippen LogP contribution is 2.47. The van der Waals surface area contributed by atoms with Crippen molar-refractivity contribution in [2.45, 2.75) is 18.6 Å². The Morgan fingerprint density at radius 2 is 1.23 bits per heavy atom. The lowest BCUT2D eigenvalue weighted by Crippen LogP contribution is -2.44. The molecule has 7 nitrogen and oxygen atoms in total. The first kappa shape index (κ1) is 21.5. The van der Waals surface area contributed by atoms with Gasteiger partial charge in [0.1, 0.15) is 6.04 Å². The Labute approximate surface area is 175 Å². The summed E-state index contributed by atoms with van der Waals surface area (Å²) < 4.78 is 15.1. The molecule has 2 aromatic carbocycles. The van der Waals surface area contributed by atoms with Crippen molar-refractivity contribution in [3.05, 3.63) is 71.8 Å². The second-order valence-electron chi connectivity index (χ2n) is 7.08. The van der Waals surface area contributed by atoms with Crippen molar-refractivity contribution in [2.24, 2.45) is 11.8 Å². The zero-order valence-corrected chi connectivity index (χ0v) is 17.2.